The highest BCUT2D eigenvalue weighted by atomic mass is 32.1. The molecule has 2 aliphatic rings. The summed E-state index contributed by atoms with van der Waals surface area (Å²) < 4.78 is 12.1. The molecule has 1 unspecified atom stereocenters. The van der Waals surface area contributed by atoms with Crippen molar-refractivity contribution in [3.63, 3.8) is 0 Å². The number of carbonyl (C=O) groups excluding carboxylic acids is 2. The van der Waals surface area contributed by atoms with Gasteiger partial charge in [-0.25, -0.2) is 9.79 Å². The second kappa shape index (κ2) is 8.66. The molecule has 178 valence electrons. The molecule has 0 aliphatic carbocycles. The Kier molecular flexibility index (Phi) is 5.64. The predicted octanol–water partition coefficient (Wildman–Crippen LogP) is 2.15. The van der Waals surface area contributed by atoms with E-state index in [9.17, 15) is 14.4 Å². The maximum absolute atomic E-state index is 13.9. The van der Waals surface area contributed by atoms with Gasteiger partial charge in [-0.05, 0) is 37.6 Å². The number of likely N-dealkylation sites (N-methyl/N-ethyl adjacent to an activating group) is 1. The van der Waals surface area contributed by atoms with Gasteiger partial charge < -0.3 is 14.4 Å². The van der Waals surface area contributed by atoms with Crippen molar-refractivity contribution in [3.8, 4) is 5.75 Å². The number of anilines is 1. The van der Waals surface area contributed by atoms with Crippen molar-refractivity contribution in [3.05, 3.63) is 90.6 Å². The maximum atomic E-state index is 13.9. The monoisotopic (exact) mass is 489 g/mol. The number of aromatic nitrogens is 1. The van der Waals surface area contributed by atoms with Gasteiger partial charge in [0, 0.05) is 12.1 Å². The molecule has 3 aromatic rings. The quantitative estimate of drug-likeness (QED) is 0.524. The highest BCUT2D eigenvalue weighted by molar-refractivity contribution is 7.07. The van der Waals surface area contributed by atoms with E-state index in [0.29, 0.717) is 38.5 Å². The van der Waals surface area contributed by atoms with Gasteiger partial charge in [0.05, 0.1) is 42.8 Å². The molecule has 0 saturated heterocycles. The Hall–Kier alpha value is -3.98. The summed E-state index contributed by atoms with van der Waals surface area (Å²) in [5.74, 6) is -0.134. The zero-order valence-corrected chi connectivity index (χ0v) is 20.5. The van der Waals surface area contributed by atoms with Crippen molar-refractivity contribution in [1.29, 1.82) is 0 Å². The fraction of sp³-hybridized carbons (Fsp3) is 0.231. The van der Waals surface area contributed by atoms with Crippen molar-refractivity contribution in [2.45, 2.75) is 19.9 Å². The first-order valence-electron chi connectivity index (χ1n) is 11.1. The smallest absolute Gasteiger partial charge is 0.338 e. The number of nitrogens with zero attached hydrogens (tertiary/aromatic N) is 3. The van der Waals surface area contributed by atoms with E-state index in [1.54, 1.807) is 43.2 Å². The van der Waals surface area contributed by atoms with E-state index in [4.69, 9.17) is 9.47 Å². The number of rotatable bonds is 4. The van der Waals surface area contributed by atoms with E-state index >= 15 is 0 Å². The lowest BCUT2D eigenvalue weighted by Crippen LogP contribution is -2.40. The van der Waals surface area contributed by atoms with Crippen LogP contribution in [0.25, 0.3) is 5.57 Å². The van der Waals surface area contributed by atoms with Crippen LogP contribution in [0.4, 0.5) is 5.69 Å². The first-order chi connectivity index (χ1) is 16.9. The molecular formula is C26H23N3O5S. The molecule has 0 bridgehead atoms. The first-order valence-corrected chi connectivity index (χ1v) is 11.9. The van der Waals surface area contributed by atoms with Crippen molar-refractivity contribution in [2.75, 3.05) is 25.7 Å². The van der Waals surface area contributed by atoms with Crippen molar-refractivity contribution in [2.24, 2.45) is 4.99 Å². The number of carbonyl (C=O) groups is 2. The van der Waals surface area contributed by atoms with Gasteiger partial charge >= 0.3 is 5.97 Å². The second-order valence-electron chi connectivity index (χ2n) is 8.11. The van der Waals surface area contributed by atoms with Gasteiger partial charge in [-0.1, -0.05) is 41.7 Å². The minimum atomic E-state index is -0.756. The third kappa shape index (κ3) is 3.42. The van der Waals surface area contributed by atoms with Crippen LogP contribution in [0.15, 0.2) is 69.6 Å². The van der Waals surface area contributed by atoms with E-state index in [-0.39, 0.29) is 17.0 Å². The molecule has 35 heavy (non-hydrogen) atoms. The SMILES string of the molecule is CCN1C(=O)C(=c2sc3n(c2=O)C(c2ccc(OC)cc2)C(C(=O)OC)=C(C)N=3)c2ccccc21. The Morgan fingerprint density at radius 3 is 2.46 bits per heavy atom. The molecule has 2 aromatic carbocycles. The molecule has 1 atom stereocenters. The maximum Gasteiger partial charge on any atom is 0.338 e. The lowest BCUT2D eigenvalue weighted by atomic mass is 9.96. The number of para-hydroxylation sites is 1. The number of methoxy groups -OCH3 is 2. The van der Waals surface area contributed by atoms with Gasteiger partial charge in [0.2, 0.25) is 0 Å². The number of benzene rings is 2. The Labute approximate surface area is 205 Å². The van der Waals surface area contributed by atoms with E-state index in [1.165, 1.54) is 11.7 Å². The Bertz CT molecular complexity index is 1580. The van der Waals surface area contributed by atoms with Crippen LogP contribution in [0.1, 0.15) is 31.0 Å². The van der Waals surface area contributed by atoms with E-state index in [0.717, 1.165) is 22.6 Å². The molecule has 0 radical (unpaired) electrons. The molecule has 8 nitrogen and oxygen atoms in total. The summed E-state index contributed by atoms with van der Waals surface area (Å²) in [6.45, 7) is 4.10. The van der Waals surface area contributed by atoms with E-state index in [2.05, 4.69) is 4.99 Å². The third-order valence-electron chi connectivity index (χ3n) is 6.30. The third-order valence-corrected chi connectivity index (χ3v) is 7.35. The minimum absolute atomic E-state index is 0.219. The molecule has 0 spiro atoms. The van der Waals surface area contributed by atoms with Crippen LogP contribution in [0.3, 0.4) is 0 Å². The van der Waals surface area contributed by atoms with Gasteiger partial charge in [-0.2, -0.15) is 0 Å². The molecular weight excluding hydrogens is 466 g/mol. The van der Waals surface area contributed by atoms with Crippen LogP contribution in [0, 0.1) is 0 Å². The molecule has 1 amide bonds. The summed E-state index contributed by atoms with van der Waals surface area (Å²) in [6.07, 6.45) is 0. The van der Waals surface area contributed by atoms with Crippen LogP contribution in [0.5, 0.6) is 5.75 Å². The zero-order chi connectivity index (χ0) is 24.9. The highest BCUT2D eigenvalue weighted by Crippen LogP contribution is 2.35. The molecule has 0 fully saturated rings. The van der Waals surface area contributed by atoms with Gasteiger partial charge in [0.1, 0.15) is 10.3 Å². The molecule has 9 heteroatoms. The van der Waals surface area contributed by atoms with Gasteiger partial charge in [0.25, 0.3) is 11.5 Å². The molecule has 0 saturated carbocycles. The van der Waals surface area contributed by atoms with E-state index in [1.807, 2.05) is 31.2 Å². The standard InChI is InChI=1S/C26H23N3O5S/c1-5-28-18-9-7-6-8-17(18)20(23(28)30)22-24(31)29-21(15-10-12-16(33-3)13-11-15)19(25(32)34-4)14(2)27-26(29)35-22/h6-13,21H,5H2,1-4H3. The van der Waals surface area contributed by atoms with Crippen LogP contribution in [0.2, 0.25) is 0 Å². The lowest BCUT2D eigenvalue weighted by Gasteiger charge is -2.24. The number of ether oxygens (including phenoxy) is 2. The number of thiazole rings is 1. The minimum Gasteiger partial charge on any atom is -0.497 e. The number of fused-ring (bicyclic) bond motifs is 2. The van der Waals surface area contributed by atoms with E-state index < -0.39 is 12.0 Å². The first kappa shape index (κ1) is 22.8. The van der Waals surface area contributed by atoms with Gasteiger partial charge in [0.15, 0.2) is 4.80 Å². The van der Waals surface area contributed by atoms with Crippen LogP contribution in [-0.2, 0) is 14.3 Å². The molecule has 1 aromatic heterocycles. The average molecular weight is 490 g/mol. The average Bonchev–Trinajstić information content (AvgIpc) is 3.34. The van der Waals surface area contributed by atoms with Crippen LogP contribution >= 0.6 is 11.3 Å². The number of esters is 1. The van der Waals surface area contributed by atoms with Crippen molar-refractivity contribution < 1.29 is 19.1 Å². The summed E-state index contributed by atoms with van der Waals surface area (Å²) in [5.41, 5.74) is 2.92. The van der Waals surface area contributed by atoms with Crippen molar-refractivity contribution >= 4 is 34.5 Å². The largest absolute Gasteiger partial charge is 0.497 e. The zero-order valence-electron chi connectivity index (χ0n) is 19.7. The number of hydrogen-bond acceptors (Lipinski definition) is 7. The number of amides is 1. The molecule has 0 N–H and O–H groups in total. The summed E-state index contributed by atoms with van der Waals surface area (Å²) >= 11 is 1.16. The van der Waals surface area contributed by atoms with Gasteiger partial charge in [-0.3, -0.25) is 14.2 Å². The van der Waals surface area contributed by atoms with Crippen molar-refractivity contribution in [1.82, 2.24) is 4.57 Å². The fourth-order valence-corrected chi connectivity index (χ4v) is 5.79. The van der Waals surface area contributed by atoms with Crippen LogP contribution < -0.4 is 24.5 Å². The molecule has 3 heterocycles. The topological polar surface area (TPSA) is 90.2 Å². The predicted molar refractivity (Wildman–Crippen MR) is 132 cm³/mol. The summed E-state index contributed by atoms with van der Waals surface area (Å²) in [7, 11) is 2.87. The highest BCUT2D eigenvalue weighted by Gasteiger charge is 2.36. The molecule has 5 rings (SSSR count). The Balaban J connectivity index is 1.82. The lowest BCUT2D eigenvalue weighted by molar-refractivity contribution is -0.136. The Morgan fingerprint density at radius 2 is 1.80 bits per heavy atom. The second-order valence-corrected chi connectivity index (χ2v) is 9.09. The van der Waals surface area contributed by atoms with Crippen LogP contribution in [-0.4, -0.2) is 37.2 Å². The number of allylic oxidation sites excluding steroid dienone is 1. The molecule has 2 aliphatic heterocycles. The summed E-state index contributed by atoms with van der Waals surface area (Å²) in [5, 5.41) is 0. The summed E-state index contributed by atoms with van der Waals surface area (Å²) in [6, 6.07) is 13.8. The Morgan fingerprint density at radius 1 is 1.09 bits per heavy atom. The normalized spacial score (nSPS) is 18.2. The summed E-state index contributed by atoms with van der Waals surface area (Å²) in [4.78, 5) is 46.8. The fourth-order valence-electron chi connectivity index (χ4n) is 4.66. The van der Waals surface area contributed by atoms with Gasteiger partial charge in [-0.15, -0.1) is 0 Å². The number of hydrogen-bond donors (Lipinski definition) is 0.